The Balaban J connectivity index is 1.27. The number of anilines is 2. The molecular formula is C40H29N. The molecule has 3 aliphatic rings. The van der Waals surface area contributed by atoms with Gasteiger partial charge >= 0.3 is 0 Å². The van der Waals surface area contributed by atoms with Crippen molar-refractivity contribution >= 4 is 11.4 Å². The van der Waals surface area contributed by atoms with Crippen LogP contribution in [0.25, 0.3) is 33.4 Å². The molecule has 0 atom stereocenters. The molecule has 9 rings (SSSR count). The van der Waals surface area contributed by atoms with Crippen LogP contribution >= 0.6 is 0 Å². The van der Waals surface area contributed by atoms with Crippen LogP contribution < -0.4 is 5.32 Å². The van der Waals surface area contributed by atoms with Crippen LogP contribution in [0.1, 0.15) is 47.2 Å². The Morgan fingerprint density at radius 2 is 0.902 bits per heavy atom. The van der Waals surface area contributed by atoms with Gasteiger partial charge in [-0.15, -0.1) is 0 Å². The van der Waals surface area contributed by atoms with E-state index < -0.39 is 0 Å². The summed E-state index contributed by atoms with van der Waals surface area (Å²) in [5.41, 5.74) is 18.2. The summed E-state index contributed by atoms with van der Waals surface area (Å²) in [6.07, 6.45) is 0. The summed E-state index contributed by atoms with van der Waals surface area (Å²) in [5, 5.41) is 3.89. The molecule has 6 aromatic carbocycles. The SMILES string of the molecule is CC1(C)c2ccccc2-c2c(Nc3ccc4c(c3)C3(c5ccccc5-c5ccccc53)c3ccccc3-4)cccc21. The molecule has 194 valence electrons. The zero-order valence-electron chi connectivity index (χ0n) is 23.2. The van der Waals surface area contributed by atoms with E-state index in [0.29, 0.717) is 0 Å². The highest BCUT2D eigenvalue weighted by molar-refractivity contribution is 5.96. The predicted octanol–water partition coefficient (Wildman–Crippen LogP) is 10.1. The zero-order chi connectivity index (χ0) is 27.3. The first-order valence-electron chi connectivity index (χ1n) is 14.5. The van der Waals surface area contributed by atoms with Gasteiger partial charge in [-0.3, -0.25) is 0 Å². The number of benzene rings is 6. The highest BCUT2D eigenvalue weighted by Gasteiger charge is 2.51. The second kappa shape index (κ2) is 7.86. The lowest BCUT2D eigenvalue weighted by Gasteiger charge is -2.30. The van der Waals surface area contributed by atoms with Crippen molar-refractivity contribution in [2.24, 2.45) is 0 Å². The first kappa shape index (κ1) is 22.9. The van der Waals surface area contributed by atoms with Crippen LogP contribution in [-0.2, 0) is 10.8 Å². The molecule has 0 saturated carbocycles. The quantitative estimate of drug-likeness (QED) is 0.238. The van der Waals surface area contributed by atoms with E-state index in [1.54, 1.807) is 0 Å². The van der Waals surface area contributed by atoms with Crippen molar-refractivity contribution in [2.45, 2.75) is 24.7 Å². The average Bonchev–Trinajstić information content (AvgIpc) is 3.57. The van der Waals surface area contributed by atoms with Crippen LogP contribution in [0.5, 0.6) is 0 Å². The second-order valence-electron chi connectivity index (χ2n) is 12.2. The number of rotatable bonds is 2. The molecule has 3 aliphatic carbocycles. The molecule has 1 nitrogen and oxygen atoms in total. The Morgan fingerprint density at radius 1 is 0.415 bits per heavy atom. The lowest BCUT2D eigenvalue weighted by Crippen LogP contribution is -2.25. The largest absolute Gasteiger partial charge is 0.355 e. The van der Waals surface area contributed by atoms with E-state index in [-0.39, 0.29) is 10.8 Å². The van der Waals surface area contributed by atoms with E-state index in [2.05, 4.69) is 153 Å². The number of hydrogen-bond acceptors (Lipinski definition) is 1. The van der Waals surface area contributed by atoms with E-state index >= 15 is 0 Å². The van der Waals surface area contributed by atoms with Crippen molar-refractivity contribution in [1.29, 1.82) is 0 Å². The van der Waals surface area contributed by atoms with Crippen LogP contribution in [-0.4, -0.2) is 0 Å². The maximum atomic E-state index is 3.89. The topological polar surface area (TPSA) is 12.0 Å². The number of fused-ring (bicyclic) bond motifs is 13. The van der Waals surface area contributed by atoms with Crippen molar-refractivity contribution in [3.63, 3.8) is 0 Å². The van der Waals surface area contributed by atoms with Gasteiger partial charge in [-0.05, 0) is 79.4 Å². The Labute approximate surface area is 241 Å². The Kier molecular flexibility index (Phi) is 4.39. The Hall–Kier alpha value is -4.88. The summed E-state index contributed by atoms with van der Waals surface area (Å²) in [7, 11) is 0. The van der Waals surface area contributed by atoms with Crippen molar-refractivity contribution in [3.8, 4) is 33.4 Å². The van der Waals surface area contributed by atoms with Gasteiger partial charge < -0.3 is 5.32 Å². The molecule has 6 aromatic rings. The summed E-state index contributed by atoms with van der Waals surface area (Å²) in [6, 6.07) is 49.6. The highest BCUT2D eigenvalue weighted by atomic mass is 14.9. The van der Waals surface area contributed by atoms with Gasteiger partial charge in [0.1, 0.15) is 0 Å². The van der Waals surface area contributed by atoms with Crippen molar-refractivity contribution in [1.82, 2.24) is 0 Å². The molecule has 0 unspecified atom stereocenters. The Morgan fingerprint density at radius 3 is 1.51 bits per heavy atom. The predicted molar refractivity (Wildman–Crippen MR) is 170 cm³/mol. The van der Waals surface area contributed by atoms with E-state index in [4.69, 9.17) is 0 Å². The fraction of sp³-hybridized carbons (Fsp3) is 0.100. The van der Waals surface area contributed by atoms with Gasteiger partial charge in [0.2, 0.25) is 0 Å². The number of hydrogen-bond donors (Lipinski definition) is 1. The van der Waals surface area contributed by atoms with Gasteiger partial charge in [0.05, 0.1) is 5.41 Å². The van der Waals surface area contributed by atoms with Gasteiger partial charge in [0.25, 0.3) is 0 Å². The third kappa shape index (κ3) is 2.76. The van der Waals surface area contributed by atoms with Gasteiger partial charge in [-0.2, -0.15) is 0 Å². The molecule has 0 amide bonds. The fourth-order valence-corrected chi connectivity index (χ4v) is 8.19. The van der Waals surface area contributed by atoms with Crippen LogP contribution in [0, 0.1) is 0 Å². The molecule has 0 aliphatic heterocycles. The molecule has 0 heterocycles. The third-order valence-electron chi connectivity index (χ3n) is 9.88. The van der Waals surface area contributed by atoms with Crippen molar-refractivity contribution in [2.75, 3.05) is 5.32 Å². The summed E-state index contributed by atoms with van der Waals surface area (Å²) in [5.74, 6) is 0. The molecule has 41 heavy (non-hydrogen) atoms. The van der Waals surface area contributed by atoms with Crippen LogP contribution in [0.15, 0.2) is 133 Å². The normalized spacial score (nSPS) is 15.5. The smallest absolute Gasteiger partial charge is 0.0726 e. The first-order valence-corrected chi connectivity index (χ1v) is 14.5. The standard InChI is InChI=1S/C40H29N/c1-39(2)31-16-7-6-15-30(31)38-35(39)20-11-21-37(38)41-25-22-23-29-28-14-5-10-19-34(28)40(36(29)24-25)32-17-8-3-12-26(32)27-13-4-9-18-33(27)40/h3-24,41H,1-2H3. The van der Waals surface area contributed by atoms with Crippen LogP contribution in [0.4, 0.5) is 11.4 Å². The number of nitrogens with one attached hydrogen (secondary N) is 1. The molecular weight excluding hydrogens is 494 g/mol. The monoisotopic (exact) mass is 523 g/mol. The minimum absolute atomic E-state index is 0.0233. The van der Waals surface area contributed by atoms with E-state index in [9.17, 15) is 0 Å². The summed E-state index contributed by atoms with van der Waals surface area (Å²) >= 11 is 0. The average molecular weight is 524 g/mol. The molecule has 1 spiro atoms. The highest BCUT2D eigenvalue weighted by Crippen LogP contribution is 2.63. The van der Waals surface area contributed by atoms with Crippen molar-refractivity contribution < 1.29 is 0 Å². The van der Waals surface area contributed by atoms with Gasteiger partial charge in [-0.1, -0.05) is 129 Å². The lowest BCUT2D eigenvalue weighted by atomic mass is 9.70. The molecule has 0 bridgehead atoms. The minimum atomic E-state index is -0.329. The Bertz CT molecular complexity index is 2000. The summed E-state index contributed by atoms with van der Waals surface area (Å²) < 4.78 is 0. The summed E-state index contributed by atoms with van der Waals surface area (Å²) in [6.45, 7) is 4.68. The minimum Gasteiger partial charge on any atom is -0.355 e. The first-order chi connectivity index (χ1) is 20.1. The van der Waals surface area contributed by atoms with Gasteiger partial charge in [0, 0.05) is 22.4 Å². The van der Waals surface area contributed by atoms with Gasteiger partial charge in [-0.25, -0.2) is 0 Å². The van der Waals surface area contributed by atoms with E-state index in [0.717, 1.165) is 11.4 Å². The molecule has 1 N–H and O–H groups in total. The van der Waals surface area contributed by atoms with E-state index in [1.165, 1.54) is 66.8 Å². The molecule has 0 saturated heterocycles. The third-order valence-corrected chi connectivity index (χ3v) is 9.88. The zero-order valence-corrected chi connectivity index (χ0v) is 23.2. The fourth-order valence-electron chi connectivity index (χ4n) is 8.19. The lowest BCUT2D eigenvalue weighted by molar-refractivity contribution is 0.660. The maximum absolute atomic E-state index is 3.89. The van der Waals surface area contributed by atoms with Crippen molar-refractivity contribution in [3.05, 3.63) is 167 Å². The molecule has 1 heteroatoms. The molecule has 0 fully saturated rings. The summed E-state index contributed by atoms with van der Waals surface area (Å²) in [4.78, 5) is 0. The van der Waals surface area contributed by atoms with E-state index in [1.807, 2.05) is 0 Å². The second-order valence-corrected chi connectivity index (χ2v) is 12.2. The van der Waals surface area contributed by atoms with Gasteiger partial charge in [0.15, 0.2) is 0 Å². The maximum Gasteiger partial charge on any atom is 0.0726 e. The van der Waals surface area contributed by atoms with Crippen LogP contribution in [0.2, 0.25) is 0 Å². The molecule has 0 aromatic heterocycles. The molecule has 0 radical (unpaired) electrons. The van der Waals surface area contributed by atoms with Crippen LogP contribution in [0.3, 0.4) is 0 Å².